The smallest absolute Gasteiger partial charge is 0.158 e. The largest absolute Gasteiger partial charge is 0.381 e. The molecule has 20 heavy (non-hydrogen) atoms. The summed E-state index contributed by atoms with van der Waals surface area (Å²) in [5, 5.41) is 4.44. The summed E-state index contributed by atoms with van der Waals surface area (Å²) in [5.41, 5.74) is 3.04. The van der Waals surface area contributed by atoms with E-state index < -0.39 is 0 Å². The molecule has 0 aliphatic carbocycles. The Labute approximate surface area is 124 Å². The average molecular weight is 299 g/mol. The number of aromatic nitrogens is 4. The first kappa shape index (κ1) is 15.3. The third-order valence-electron chi connectivity index (χ3n) is 3.31. The van der Waals surface area contributed by atoms with Crippen molar-refractivity contribution in [2.45, 2.75) is 39.7 Å². The standard InChI is InChI=1S/C14H23ClN4O/c1-4-9-20-10-5-8-19-12(6-7-15)16-13-11(2)17-18(3)14(13)19/h4-10H2,1-3H3. The van der Waals surface area contributed by atoms with Crippen LogP contribution in [0.15, 0.2) is 0 Å². The van der Waals surface area contributed by atoms with Crippen LogP contribution in [0.25, 0.3) is 11.2 Å². The number of nitrogens with zero attached hydrogens (tertiary/aromatic N) is 4. The summed E-state index contributed by atoms with van der Waals surface area (Å²) in [4.78, 5) is 4.69. The molecule has 0 saturated carbocycles. The minimum Gasteiger partial charge on any atom is -0.381 e. The predicted octanol–water partition coefficient (Wildman–Crippen LogP) is 2.68. The second kappa shape index (κ2) is 7.09. The van der Waals surface area contributed by atoms with E-state index >= 15 is 0 Å². The van der Waals surface area contributed by atoms with E-state index in [4.69, 9.17) is 21.3 Å². The summed E-state index contributed by atoms with van der Waals surface area (Å²) < 4.78 is 9.68. The van der Waals surface area contributed by atoms with Crippen molar-refractivity contribution in [1.82, 2.24) is 19.3 Å². The van der Waals surface area contributed by atoms with E-state index in [9.17, 15) is 0 Å². The van der Waals surface area contributed by atoms with Crippen molar-refractivity contribution in [3.63, 3.8) is 0 Å². The molecular formula is C14H23ClN4O. The molecule has 0 saturated heterocycles. The number of rotatable bonds is 8. The van der Waals surface area contributed by atoms with Gasteiger partial charge in [0.2, 0.25) is 0 Å². The molecule has 5 nitrogen and oxygen atoms in total. The lowest BCUT2D eigenvalue weighted by Gasteiger charge is -2.09. The second-order valence-corrected chi connectivity index (χ2v) is 5.34. The number of hydrogen-bond acceptors (Lipinski definition) is 3. The molecule has 0 unspecified atom stereocenters. The van der Waals surface area contributed by atoms with E-state index in [-0.39, 0.29) is 0 Å². The van der Waals surface area contributed by atoms with E-state index in [0.717, 1.165) is 61.7 Å². The molecule has 2 heterocycles. The summed E-state index contributed by atoms with van der Waals surface area (Å²) in [5.74, 6) is 1.63. The summed E-state index contributed by atoms with van der Waals surface area (Å²) >= 11 is 5.88. The van der Waals surface area contributed by atoms with E-state index in [1.807, 2.05) is 18.7 Å². The fourth-order valence-corrected chi connectivity index (χ4v) is 2.63. The molecule has 0 aliphatic heterocycles. The van der Waals surface area contributed by atoms with Crippen molar-refractivity contribution in [2.75, 3.05) is 19.1 Å². The van der Waals surface area contributed by atoms with Gasteiger partial charge in [-0.15, -0.1) is 11.6 Å². The van der Waals surface area contributed by atoms with Gasteiger partial charge in [-0.05, 0) is 19.8 Å². The van der Waals surface area contributed by atoms with Crippen LogP contribution in [0, 0.1) is 6.92 Å². The Morgan fingerprint density at radius 1 is 1.30 bits per heavy atom. The average Bonchev–Trinajstić information content (AvgIpc) is 2.90. The maximum atomic E-state index is 5.88. The number of halogens is 1. The Bertz CT molecular complexity index is 561. The van der Waals surface area contributed by atoms with Crippen molar-refractivity contribution >= 4 is 22.8 Å². The minimum absolute atomic E-state index is 0.585. The van der Waals surface area contributed by atoms with Crippen molar-refractivity contribution in [2.24, 2.45) is 7.05 Å². The molecule has 0 N–H and O–H groups in total. The molecule has 2 aromatic rings. The van der Waals surface area contributed by atoms with Crippen LogP contribution in [-0.4, -0.2) is 38.4 Å². The zero-order chi connectivity index (χ0) is 14.5. The maximum Gasteiger partial charge on any atom is 0.158 e. The van der Waals surface area contributed by atoms with Crippen molar-refractivity contribution < 1.29 is 4.74 Å². The van der Waals surface area contributed by atoms with Crippen LogP contribution in [0.1, 0.15) is 31.3 Å². The Balaban J connectivity index is 2.17. The molecule has 0 spiro atoms. The zero-order valence-electron chi connectivity index (χ0n) is 12.5. The second-order valence-electron chi connectivity index (χ2n) is 4.97. The van der Waals surface area contributed by atoms with Gasteiger partial charge in [-0.2, -0.15) is 5.10 Å². The van der Waals surface area contributed by atoms with Crippen molar-refractivity contribution in [3.8, 4) is 0 Å². The highest BCUT2D eigenvalue weighted by Gasteiger charge is 2.16. The van der Waals surface area contributed by atoms with Crippen molar-refractivity contribution in [3.05, 3.63) is 11.5 Å². The molecule has 0 bridgehead atoms. The van der Waals surface area contributed by atoms with E-state index in [1.165, 1.54) is 0 Å². The number of hydrogen-bond donors (Lipinski definition) is 0. The number of ether oxygens (including phenoxy) is 1. The third kappa shape index (κ3) is 3.15. The quantitative estimate of drug-likeness (QED) is 0.556. The highest BCUT2D eigenvalue weighted by Crippen LogP contribution is 2.20. The van der Waals surface area contributed by atoms with Crippen LogP contribution < -0.4 is 0 Å². The van der Waals surface area contributed by atoms with Gasteiger partial charge in [0.1, 0.15) is 11.3 Å². The Hall–Kier alpha value is -1.07. The van der Waals surface area contributed by atoms with Crippen molar-refractivity contribution in [1.29, 1.82) is 0 Å². The molecule has 0 radical (unpaired) electrons. The van der Waals surface area contributed by atoms with Gasteiger partial charge in [0.15, 0.2) is 5.65 Å². The first-order valence-corrected chi connectivity index (χ1v) is 7.74. The molecule has 112 valence electrons. The highest BCUT2D eigenvalue weighted by molar-refractivity contribution is 6.17. The fraction of sp³-hybridized carbons (Fsp3) is 0.714. The Morgan fingerprint density at radius 2 is 2.10 bits per heavy atom. The van der Waals surface area contributed by atoms with E-state index in [2.05, 4.69) is 16.6 Å². The molecule has 0 aromatic carbocycles. The fourth-order valence-electron chi connectivity index (χ4n) is 2.46. The van der Waals surface area contributed by atoms with E-state index in [0.29, 0.717) is 5.88 Å². The van der Waals surface area contributed by atoms with Crippen LogP contribution >= 0.6 is 11.6 Å². The summed E-state index contributed by atoms with van der Waals surface area (Å²) in [6, 6.07) is 0. The van der Waals surface area contributed by atoms with E-state index in [1.54, 1.807) is 0 Å². The summed E-state index contributed by atoms with van der Waals surface area (Å²) in [6.45, 7) is 6.62. The summed E-state index contributed by atoms with van der Waals surface area (Å²) in [6.07, 6.45) is 2.82. The highest BCUT2D eigenvalue weighted by atomic mass is 35.5. The topological polar surface area (TPSA) is 44.9 Å². The van der Waals surface area contributed by atoms with Gasteiger partial charge < -0.3 is 9.30 Å². The van der Waals surface area contributed by atoms with Gasteiger partial charge in [0.05, 0.1) is 5.69 Å². The molecule has 0 amide bonds. The number of aryl methyl sites for hydroxylation is 4. The molecular weight excluding hydrogens is 276 g/mol. The predicted molar refractivity (Wildman–Crippen MR) is 81.4 cm³/mol. The molecule has 0 aliphatic rings. The normalized spacial score (nSPS) is 11.6. The number of imidazole rings is 1. The number of fused-ring (bicyclic) bond motifs is 1. The van der Waals surface area contributed by atoms with Gasteiger partial charge in [-0.25, -0.2) is 4.98 Å². The van der Waals surface area contributed by atoms with Crippen LogP contribution in [0.5, 0.6) is 0 Å². The maximum absolute atomic E-state index is 5.88. The lowest BCUT2D eigenvalue weighted by atomic mass is 10.4. The van der Waals surface area contributed by atoms with Gasteiger partial charge in [-0.3, -0.25) is 4.68 Å². The molecule has 2 rings (SSSR count). The Kier molecular flexibility index (Phi) is 5.43. The SMILES string of the molecule is CCCOCCCn1c(CCCl)nc2c(C)nn(C)c21. The van der Waals surface area contributed by atoms with Crippen LogP contribution in [0.3, 0.4) is 0 Å². The first-order chi connectivity index (χ1) is 9.69. The molecule has 0 atom stereocenters. The third-order valence-corrected chi connectivity index (χ3v) is 3.50. The van der Waals surface area contributed by atoms with Crippen LogP contribution in [0.4, 0.5) is 0 Å². The van der Waals surface area contributed by atoms with Gasteiger partial charge in [0, 0.05) is 39.1 Å². The number of alkyl halides is 1. The lowest BCUT2D eigenvalue weighted by Crippen LogP contribution is -2.10. The lowest BCUT2D eigenvalue weighted by molar-refractivity contribution is 0.129. The monoisotopic (exact) mass is 298 g/mol. The molecule has 6 heteroatoms. The van der Waals surface area contributed by atoms with Gasteiger partial charge in [-0.1, -0.05) is 6.92 Å². The molecule has 2 aromatic heterocycles. The van der Waals surface area contributed by atoms with Gasteiger partial charge in [0.25, 0.3) is 0 Å². The molecule has 0 fully saturated rings. The Morgan fingerprint density at radius 3 is 2.80 bits per heavy atom. The minimum atomic E-state index is 0.585. The van der Waals surface area contributed by atoms with Crippen LogP contribution in [-0.2, 0) is 24.8 Å². The van der Waals surface area contributed by atoms with Gasteiger partial charge >= 0.3 is 0 Å². The van der Waals surface area contributed by atoms with Crippen LogP contribution in [0.2, 0.25) is 0 Å². The summed E-state index contributed by atoms with van der Waals surface area (Å²) in [7, 11) is 1.96. The zero-order valence-corrected chi connectivity index (χ0v) is 13.3. The first-order valence-electron chi connectivity index (χ1n) is 7.21.